The number of aromatic amines is 1. The molecule has 0 bridgehead atoms. The van der Waals surface area contributed by atoms with Crippen molar-refractivity contribution in [2.24, 2.45) is 0 Å². The maximum Gasteiger partial charge on any atom is 0.0474 e. The highest BCUT2D eigenvalue weighted by Gasteiger charge is 2.23. The van der Waals surface area contributed by atoms with Crippen LogP contribution in [0.25, 0.3) is 10.9 Å². The van der Waals surface area contributed by atoms with Crippen molar-refractivity contribution in [2.45, 2.75) is 18.9 Å². The van der Waals surface area contributed by atoms with Crippen LogP contribution < -0.4 is 0 Å². The van der Waals surface area contributed by atoms with Gasteiger partial charge < -0.3 is 9.88 Å². The van der Waals surface area contributed by atoms with Gasteiger partial charge in [-0.25, -0.2) is 0 Å². The van der Waals surface area contributed by atoms with Crippen molar-refractivity contribution < 1.29 is 0 Å². The summed E-state index contributed by atoms with van der Waals surface area (Å²) in [6, 6.07) is 4.71. The fourth-order valence-corrected chi connectivity index (χ4v) is 2.90. The zero-order valence-electron chi connectivity index (χ0n) is 9.55. The van der Waals surface area contributed by atoms with Crippen molar-refractivity contribution in [3.63, 3.8) is 0 Å². The van der Waals surface area contributed by atoms with E-state index in [0.29, 0.717) is 6.04 Å². The van der Waals surface area contributed by atoms with Crippen molar-refractivity contribution in [3.8, 4) is 0 Å². The van der Waals surface area contributed by atoms with E-state index in [0.717, 1.165) is 17.9 Å². The lowest BCUT2D eigenvalue weighted by atomic mass is 9.89. The Morgan fingerprint density at radius 2 is 2.00 bits per heavy atom. The molecule has 1 aromatic carbocycles. The number of benzene rings is 1. The molecule has 1 aliphatic rings. The van der Waals surface area contributed by atoms with Gasteiger partial charge in [-0.05, 0) is 50.2 Å². The van der Waals surface area contributed by atoms with E-state index in [4.69, 9.17) is 11.6 Å². The molecule has 2 nitrogen and oxygen atoms in total. The van der Waals surface area contributed by atoms with Crippen LogP contribution in [0.4, 0.5) is 0 Å². The summed E-state index contributed by atoms with van der Waals surface area (Å²) in [7, 11) is 4.29. The van der Waals surface area contributed by atoms with Crippen molar-refractivity contribution in [1.29, 1.82) is 0 Å². The molecule has 0 saturated carbocycles. The Bertz CT molecular complexity index is 542. The van der Waals surface area contributed by atoms with Gasteiger partial charge in [-0.1, -0.05) is 11.6 Å². The summed E-state index contributed by atoms with van der Waals surface area (Å²) in [6.07, 6.45) is 4.34. The number of rotatable bonds is 1. The molecule has 1 aliphatic carbocycles. The molecule has 1 heterocycles. The molecule has 0 amide bonds. The third kappa shape index (κ3) is 1.45. The zero-order chi connectivity index (χ0) is 11.3. The van der Waals surface area contributed by atoms with Gasteiger partial charge >= 0.3 is 0 Å². The van der Waals surface area contributed by atoms with E-state index in [2.05, 4.69) is 36.2 Å². The van der Waals surface area contributed by atoms with E-state index >= 15 is 0 Å². The minimum absolute atomic E-state index is 0.588. The molecule has 0 saturated heterocycles. The first-order chi connectivity index (χ1) is 7.65. The molecule has 3 heteroatoms. The predicted molar refractivity (Wildman–Crippen MR) is 68.2 cm³/mol. The zero-order valence-corrected chi connectivity index (χ0v) is 10.3. The van der Waals surface area contributed by atoms with E-state index in [-0.39, 0.29) is 0 Å². The van der Waals surface area contributed by atoms with E-state index in [1.54, 1.807) is 0 Å². The Morgan fingerprint density at radius 1 is 1.25 bits per heavy atom. The number of aromatic nitrogens is 1. The lowest BCUT2D eigenvalue weighted by Gasteiger charge is -2.28. The summed E-state index contributed by atoms with van der Waals surface area (Å²) in [6.45, 7) is 0. The topological polar surface area (TPSA) is 19.0 Å². The third-order valence-corrected chi connectivity index (χ3v) is 3.77. The summed E-state index contributed by atoms with van der Waals surface area (Å²) >= 11 is 6.13. The molecular weight excluding hydrogens is 220 g/mol. The predicted octanol–water partition coefficient (Wildman–Crippen LogP) is 2.85. The molecule has 0 aliphatic heterocycles. The van der Waals surface area contributed by atoms with Crippen LogP contribution in [0, 0.1) is 0 Å². The molecule has 1 N–H and O–H groups in total. The maximum atomic E-state index is 6.13. The Morgan fingerprint density at radius 3 is 2.75 bits per heavy atom. The van der Waals surface area contributed by atoms with Crippen molar-refractivity contribution in [3.05, 3.63) is 34.5 Å². The van der Waals surface area contributed by atoms with Crippen LogP contribution in [-0.2, 0) is 12.8 Å². The molecule has 3 rings (SSSR count). The number of hydrogen-bond donors (Lipinski definition) is 1. The Labute approximate surface area is 100 Å². The highest BCUT2D eigenvalue weighted by molar-refractivity contribution is 6.31. The van der Waals surface area contributed by atoms with Crippen LogP contribution in [0.1, 0.15) is 11.1 Å². The van der Waals surface area contributed by atoms with E-state index < -0.39 is 0 Å². The van der Waals surface area contributed by atoms with Gasteiger partial charge in [-0.15, -0.1) is 0 Å². The summed E-state index contributed by atoms with van der Waals surface area (Å²) in [5, 5.41) is 2.22. The molecule has 0 spiro atoms. The van der Waals surface area contributed by atoms with E-state index in [1.165, 1.54) is 22.0 Å². The number of hydrogen-bond acceptors (Lipinski definition) is 1. The Hall–Kier alpha value is -0.990. The van der Waals surface area contributed by atoms with Crippen molar-refractivity contribution >= 4 is 22.5 Å². The van der Waals surface area contributed by atoms with Gasteiger partial charge in [0.05, 0.1) is 0 Å². The summed E-state index contributed by atoms with van der Waals surface area (Å²) < 4.78 is 0. The van der Waals surface area contributed by atoms with Gasteiger partial charge in [0.15, 0.2) is 0 Å². The first kappa shape index (κ1) is 10.2. The molecule has 2 aromatic rings. The molecule has 1 aromatic heterocycles. The van der Waals surface area contributed by atoms with Gasteiger partial charge in [0, 0.05) is 28.2 Å². The van der Waals surface area contributed by atoms with Crippen LogP contribution in [0.2, 0.25) is 5.02 Å². The number of H-pyrrole nitrogens is 1. The van der Waals surface area contributed by atoms with Crippen LogP contribution >= 0.6 is 11.6 Å². The molecule has 16 heavy (non-hydrogen) atoms. The second-order valence-corrected chi connectivity index (χ2v) is 5.26. The highest BCUT2D eigenvalue weighted by atomic mass is 35.5. The molecular formula is C13H15ClN2. The van der Waals surface area contributed by atoms with Crippen molar-refractivity contribution in [2.75, 3.05) is 14.1 Å². The fraction of sp³-hybridized carbons (Fsp3) is 0.385. The molecule has 0 fully saturated rings. The maximum absolute atomic E-state index is 6.13. The second kappa shape index (κ2) is 3.51. The minimum Gasteiger partial charge on any atom is -0.361 e. The van der Waals surface area contributed by atoms with Gasteiger partial charge in [-0.3, -0.25) is 0 Å². The lowest BCUT2D eigenvalue weighted by Crippen LogP contribution is -2.33. The molecule has 84 valence electrons. The standard InChI is InChI=1S/C13H15ClN2/c1-16(2)11-4-8-3-10(14)6-12-13(8)9(5-11)7-15-12/h3,6-7,11,15H,4-5H2,1-2H3. The highest BCUT2D eigenvalue weighted by Crippen LogP contribution is 2.33. The first-order valence-electron chi connectivity index (χ1n) is 5.60. The molecule has 0 radical (unpaired) electrons. The van der Waals surface area contributed by atoms with Crippen LogP contribution in [0.5, 0.6) is 0 Å². The number of nitrogens with one attached hydrogen (secondary N) is 1. The lowest BCUT2D eigenvalue weighted by molar-refractivity contribution is 0.287. The summed E-state index contributed by atoms with van der Waals surface area (Å²) in [5.41, 5.74) is 3.98. The third-order valence-electron chi connectivity index (χ3n) is 3.55. The van der Waals surface area contributed by atoms with Crippen LogP contribution in [0.15, 0.2) is 18.3 Å². The monoisotopic (exact) mass is 234 g/mol. The number of nitrogens with zero attached hydrogens (tertiary/aromatic N) is 1. The minimum atomic E-state index is 0.588. The Kier molecular flexibility index (Phi) is 2.23. The quantitative estimate of drug-likeness (QED) is 0.804. The normalized spacial score (nSPS) is 19.6. The average molecular weight is 235 g/mol. The van der Waals surface area contributed by atoms with Gasteiger partial charge in [0.1, 0.15) is 0 Å². The van der Waals surface area contributed by atoms with Gasteiger partial charge in [0.2, 0.25) is 0 Å². The van der Waals surface area contributed by atoms with Gasteiger partial charge in [-0.2, -0.15) is 0 Å². The van der Waals surface area contributed by atoms with E-state index in [1.807, 2.05) is 6.07 Å². The van der Waals surface area contributed by atoms with Crippen molar-refractivity contribution in [1.82, 2.24) is 9.88 Å². The molecule has 1 atom stereocenters. The summed E-state index contributed by atoms with van der Waals surface area (Å²) in [4.78, 5) is 5.61. The smallest absolute Gasteiger partial charge is 0.0474 e. The molecule has 1 unspecified atom stereocenters. The summed E-state index contributed by atoms with van der Waals surface area (Å²) in [5.74, 6) is 0. The average Bonchev–Trinajstić information content (AvgIpc) is 2.62. The van der Waals surface area contributed by atoms with Crippen LogP contribution in [-0.4, -0.2) is 30.0 Å². The van der Waals surface area contributed by atoms with Crippen LogP contribution in [0.3, 0.4) is 0 Å². The Balaban J connectivity index is 2.18. The number of halogens is 1. The first-order valence-corrected chi connectivity index (χ1v) is 5.98. The largest absolute Gasteiger partial charge is 0.361 e. The van der Waals surface area contributed by atoms with Gasteiger partial charge in [0.25, 0.3) is 0 Å². The van der Waals surface area contributed by atoms with E-state index in [9.17, 15) is 0 Å². The second-order valence-electron chi connectivity index (χ2n) is 4.83. The SMILES string of the molecule is CN(C)C1Cc2c[nH]c3cc(Cl)cc(c23)C1. The fourth-order valence-electron chi connectivity index (χ4n) is 2.66. The number of likely N-dealkylation sites (N-methyl/N-ethyl adjacent to an activating group) is 1.